The van der Waals surface area contributed by atoms with Gasteiger partial charge in [0.2, 0.25) is 0 Å². The second-order valence-electron chi connectivity index (χ2n) is 5.24. The minimum atomic E-state index is -0.667. The van der Waals surface area contributed by atoms with Gasteiger partial charge in [0.25, 0.3) is 0 Å². The lowest BCUT2D eigenvalue weighted by atomic mass is 9.90. The summed E-state index contributed by atoms with van der Waals surface area (Å²) in [5, 5.41) is 0.600. The third-order valence-electron chi connectivity index (χ3n) is 3.79. The van der Waals surface area contributed by atoms with Crippen LogP contribution < -0.4 is 10.6 Å². The molecule has 2 N–H and O–H groups in total. The van der Waals surface area contributed by atoms with Crippen molar-refractivity contribution in [2.75, 3.05) is 11.4 Å². The fraction of sp³-hybridized carbons (Fsp3) is 0.188. The van der Waals surface area contributed by atoms with Crippen molar-refractivity contribution in [2.24, 2.45) is 10.7 Å². The van der Waals surface area contributed by atoms with Crippen LogP contribution in [-0.4, -0.2) is 12.5 Å². The standard InChI is InChI=1S/C16H15ClFN3/c1-16(13-7-2-3-8-14(13)18)10-20-15(19)21(16)12-6-4-5-11(17)9-12/h2-9H,10H2,1H3,(H2,19,20). The zero-order valence-electron chi connectivity index (χ0n) is 11.6. The largest absolute Gasteiger partial charge is 0.369 e. The third-order valence-corrected chi connectivity index (χ3v) is 4.03. The van der Waals surface area contributed by atoms with Crippen molar-refractivity contribution in [3.63, 3.8) is 0 Å². The molecule has 0 saturated carbocycles. The first-order chi connectivity index (χ1) is 10.0. The first kappa shape index (κ1) is 13.9. The van der Waals surface area contributed by atoms with Gasteiger partial charge in [0.15, 0.2) is 5.96 Å². The molecule has 5 heteroatoms. The molecule has 1 unspecified atom stereocenters. The maximum absolute atomic E-state index is 14.2. The van der Waals surface area contributed by atoms with Crippen LogP contribution >= 0.6 is 11.6 Å². The maximum Gasteiger partial charge on any atom is 0.196 e. The Morgan fingerprint density at radius 3 is 2.71 bits per heavy atom. The third kappa shape index (κ3) is 2.25. The number of aliphatic imine (C=N–C) groups is 1. The minimum Gasteiger partial charge on any atom is -0.369 e. The van der Waals surface area contributed by atoms with Crippen LogP contribution in [0.3, 0.4) is 0 Å². The number of benzene rings is 2. The molecule has 0 amide bonds. The van der Waals surface area contributed by atoms with E-state index in [1.807, 2.05) is 30.0 Å². The minimum absolute atomic E-state index is 0.267. The molecule has 108 valence electrons. The summed E-state index contributed by atoms with van der Waals surface area (Å²) in [6, 6.07) is 14.0. The molecule has 1 atom stereocenters. The molecule has 0 radical (unpaired) electrons. The van der Waals surface area contributed by atoms with Crippen molar-refractivity contribution < 1.29 is 4.39 Å². The Kier molecular flexibility index (Phi) is 3.33. The summed E-state index contributed by atoms with van der Waals surface area (Å²) in [6.45, 7) is 2.32. The van der Waals surface area contributed by atoms with Gasteiger partial charge in [-0.3, -0.25) is 4.99 Å². The van der Waals surface area contributed by atoms with Crippen molar-refractivity contribution >= 4 is 23.2 Å². The van der Waals surface area contributed by atoms with Crippen LogP contribution in [-0.2, 0) is 5.54 Å². The molecule has 1 heterocycles. The Labute approximate surface area is 127 Å². The van der Waals surface area contributed by atoms with E-state index in [-0.39, 0.29) is 5.82 Å². The number of nitrogens with zero attached hydrogens (tertiary/aromatic N) is 2. The number of hydrogen-bond donors (Lipinski definition) is 1. The fourth-order valence-corrected chi connectivity index (χ4v) is 2.95. The van der Waals surface area contributed by atoms with Gasteiger partial charge in [-0.25, -0.2) is 4.39 Å². The molecular formula is C16H15ClFN3. The molecule has 0 fully saturated rings. The molecule has 1 aliphatic rings. The Balaban J connectivity index is 2.13. The van der Waals surface area contributed by atoms with Crippen LogP contribution in [0.5, 0.6) is 0 Å². The van der Waals surface area contributed by atoms with Crippen LogP contribution in [0.2, 0.25) is 5.02 Å². The second kappa shape index (κ2) is 5.04. The maximum atomic E-state index is 14.2. The summed E-state index contributed by atoms with van der Waals surface area (Å²) in [4.78, 5) is 6.14. The first-order valence-electron chi connectivity index (χ1n) is 6.63. The lowest BCUT2D eigenvalue weighted by Crippen LogP contribution is -2.48. The molecular weight excluding hydrogens is 289 g/mol. The van der Waals surface area contributed by atoms with E-state index >= 15 is 0 Å². The van der Waals surface area contributed by atoms with E-state index in [9.17, 15) is 4.39 Å². The molecule has 0 bridgehead atoms. The van der Waals surface area contributed by atoms with Crippen molar-refractivity contribution in [3.8, 4) is 0 Å². The highest BCUT2D eigenvalue weighted by Gasteiger charge is 2.42. The van der Waals surface area contributed by atoms with Crippen LogP contribution in [0.25, 0.3) is 0 Å². The van der Waals surface area contributed by atoms with Crippen molar-refractivity contribution in [1.82, 2.24) is 0 Å². The summed E-state index contributed by atoms with van der Waals surface area (Å²) in [5.41, 5.74) is 6.73. The molecule has 1 aliphatic heterocycles. The van der Waals surface area contributed by atoms with Crippen LogP contribution in [0.4, 0.5) is 10.1 Å². The number of guanidine groups is 1. The average Bonchev–Trinajstić information content (AvgIpc) is 2.76. The zero-order chi connectivity index (χ0) is 15.0. The van der Waals surface area contributed by atoms with Crippen LogP contribution in [0.15, 0.2) is 53.5 Å². The number of hydrogen-bond acceptors (Lipinski definition) is 3. The van der Waals surface area contributed by atoms with Gasteiger partial charge in [0.05, 0.1) is 12.1 Å². The van der Waals surface area contributed by atoms with E-state index < -0.39 is 5.54 Å². The molecule has 0 aromatic heterocycles. The summed E-state index contributed by atoms with van der Waals surface area (Å²) >= 11 is 6.06. The predicted molar refractivity (Wildman–Crippen MR) is 84.2 cm³/mol. The molecule has 2 aromatic rings. The van der Waals surface area contributed by atoms with Gasteiger partial charge in [-0.2, -0.15) is 0 Å². The highest BCUT2D eigenvalue weighted by atomic mass is 35.5. The van der Waals surface area contributed by atoms with E-state index in [4.69, 9.17) is 17.3 Å². The van der Waals surface area contributed by atoms with Gasteiger partial charge in [-0.15, -0.1) is 0 Å². The monoisotopic (exact) mass is 303 g/mol. The number of nitrogens with two attached hydrogens (primary N) is 1. The number of halogens is 2. The van der Waals surface area contributed by atoms with E-state index in [1.54, 1.807) is 24.3 Å². The van der Waals surface area contributed by atoms with E-state index in [0.29, 0.717) is 23.1 Å². The molecule has 3 rings (SSSR count). The SMILES string of the molecule is CC1(c2ccccc2F)CN=C(N)N1c1cccc(Cl)c1. The van der Waals surface area contributed by atoms with Gasteiger partial charge in [-0.1, -0.05) is 35.9 Å². The van der Waals surface area contributed by atoms with E-state index in [2.05, 4.69) is 4.99 Å². The lowest BCUT2D eigenvalue weighted by molar-refractivity contribution is 0.488. The van der Waals surface area contributed by atoms with Gasteiger partial charge < -0.3 is 10.6 Å². The fourth-order valence-electron chi connectivity index (χ4n) is 2.77. The second-order valence-corrected chi connectivity index (χ2v) is 5.68. The highest BCUT2D eigenvalue weighted by Crippen LogP contribution is 2.38. The molecule has 0 aliphatic carbocycles. The van der Waals surface area contributed by atoms with Crippen molar-refractivity contribution in [1.29, 1.82) is 0 Å². The Morgan fingerprint density at radius 2 is 2.00 bits per heavy atom. The van der Waals surface area contributed by atoms with Gasteiger partial charge in [0, 0.05) is 16.3 Å². The Bertz CT molecular complexity index is 716. The highest BCUT2D eigenvalue weighted by molar-refractivity contribution is 6.31. The van der Waals surface area contributed by atoms with E-state index in [0.717, 1.165) is 5.69 Å². The van der Waals surface area contributed by atoms with Crippen LogP contribution in [0, 0.1) is 5.82 Å². The number of rotatable bonds is 2. The summed E-state index contributed by atoms with van der Waals surface area (Å²) < 4.78 is 14.2. The molecule has 2 aromatic carbocycles. The van der Waals surface area contributed by atoms with Gasteiger partial charge in [0.1, 0.15) is 5.82 Å². The Hall–Kier alpha value is -2.07. The quantitative estimate of drug-likeness (QED) is 0.922. The molecule has 0 saturated heterocycles. The molecule has 3 nitrogen and oxygen atoms in total. The first-order valence-corrected chi connectivity index (χ1v) is 7.01. The van der Waals surface area contributed by atoms with E-state index in [1.165, 1.54) is 6.07 Å². The Morgan fingerprint density at radius 1 is 1.24 bits per heavy atom. The molecule has 0 spiro atoms. The van der Waals surface area contributed by atoms with Crippen molar-refractivity contribution in [3.05, 3.63) is 64.9 Å². The van der Waals surface area contributed by atoms with Gasteiger partial charge >= 0.3 is 0 Å². The predicted octanol–water partition coefficient (Wildman–Crippen LogP) is 3.53. The smallest absolute Gasteiger partial charge is 0.196 e. The summed E-state index contributed by atoms with van der Waals surface area (Å²) in [5.74, 6) is 0.0972. The number of anilines is 1. The normalized spacial score (nSPS) is 21.5. The van der Waals surface area contributed by atoms with Crippen LogP contribution in [0.1, 0.15) is 12.5 Å². The molecule has 21 heavy (non-hydrogen) atoms. The summed E-state index contributed by atoms with van der Waals surface area (Å²) in [7, 11) is 0. The average molecular weight is 304 g/mol. The zero-order valence-corrected chi connectivity index (χ0v) is 12.3. The van der Waals surface area contributed by atoms with Gasteiger partial charge in [-0.05, 0) is 31.2 Å². The topological polar surface area (TPSA) is 41.6 Å². The lowest BCUT2D eigenvalue weighted by Gasteiger charge is -2.36. The van der Waals surface area contributed by atoms with Crippen molar-refractivity contribution in [2.45, 2.75) is 12.5 Å². The summed E-state index contributed by atoms with van der Waals surface area (Å²) in [6.07, 6.45) is 0.